The molecular formula is C13H14IN3O4. The Bertz CT molecular complexity index is 578. The fraction of sp³-hybridized carbons (Fsp3) is 0.308. The second-order valence-corrected chi connectivity index (χ2v) is 5.78. The van der Waals surface area contributed by atoms with Gasteiger partial charge >= 0.3 is 12.0 Å². The minimum absolute atomic E-state index is 0.277. The van der Waals surface area contributed by atoms with Crippen molar-refractivity contribution in [1.29, 1.82) is 0 Å². The van der Waals surface area contributed by atoms with Crippen molar-refractivity contribution < 1.29 is 19.5 Å². The maximum absolute atomic E-state index is 12.3. The van der Waals surface area contributed by atoms with Gasteiger partial charge in [-0.3, -0.25) is 9.59 Å². The zero-order valence-corrected chi connectivity index (χ0v) is 13.2. The van der Waals surface area contributed by atoms with Gasteiger partial charge in [-0.05, 0) is 40.8 Å². The number of anilines is 1. The summed E-state index contributed by atoms with van der Waals surface area (Å²) in [6.45, 7) is 0.591. The standard InChI is InChI=1S/C13H14IN3O4/c14-8-2-1-3-9(6-8)16-13(21)17-5-4-15-12(20)10(17)7-11(18)19/h1-3,6,10H,4-5,7H2,(H,15,20)(H,16,21)(H,18,19). The van der Waals surface area contributed by atoms with Crippen LogP contribution in [0.2, 0.25) is 0 Å². The zero-order chi connectivity index (χ0) is 15.4. The van der Waals surface area contributed by atoms with E-state index in [1.807, 2.05) is 6.07 Å². The van der Waals surface area contributed by atoms with Gasteiger partial charge in [-0.15, -0.1) is 0 Å². The number of hydrogen-bond donors (Lipinski definition) is 3. The number of carboxylic acids is 1. The molecule has 21 heavy (non-hydrogen) atoms. The minimum Gasteiger partial charge on any atom is -0.481 e. The summed E-state index contributed by atoms with van der Waals surface area (Å²) in [5.74, 6) is -1.56. The summed E-state index contributed by atoms with van der Waals surface area (Å²) < 4.78 is 0.962. The summed E-state index contributed by atoms with van der Waals surface area (Å²) in [6, 6.07) is 5.75. The molecule has 1 fully saturated rings. The Hall–Kier alpha value is -1.84. The molecule has 1 aliphatic rings. The second kappa shape index (κ2) is 6.74. The van der Waals surface area contributed by atoms with Gasteiger partial charge in [-0.25, -0.2) is 4.79 Å². The number of aliphatic carboxylic acids is 1. The third-order valence-corrected chi connectivity index (χ3v) is 3.71. The molecule has 0 bridgehead atoms. The molecule has 8 heteroatoms. The van der Waals surface area contributed by atoms with Gasteiger partial charge in [0.05, 0.1) is 6.42 Å². The summed E-state index contributed by atoms with van der Waals surface area (Å²) >= 11 is 2.12. The van der Waals surface area contributed by atoms with Crippen LogP contribution < -0.4 is 10.6 Å². The first-order chi connectivity index (χ1) is 9.97. The van der Waals surface area contributed by atoms with Crippen molar-refractivity contribution in [2.75, 3.05) is 18.4 Å². The SMILES string of the molecule is O=C(O)CC1C(=O)NCCN1C(=O)Nc1cccc(I)c1. The lowest BCUT2D eigenvalue weighted by molar-refractivity contribution is -0.142. The van der Waals surface area contributed by atoms with Crippen LogP contribution >= 0.6 is 22.6 Å². The van der Waals surface area contributed by atoms with Gasteiger partial charge in [0, 0.05) is 22.3 Å². The Morgan fingerprint density at radius 1 is 1.48 bits per heavy atom. The van der Waals surface area contributed by atoms with E-state index in [2.05, 4.69) is 33.2 Å². The molecule has 0 saturated carbocycles. The van der Waals surface area contributed by atoms with Crippen molar-refractivity contribution in [2.24, 2.45) is 0 Å². The van der Waals surface area contributed by atoms with E-state index >= 15 is 0 Å². The predicted molar refractivity (Wildman–Crippen MR) is 83.9 cm³/mol. The van der Waals surface area contributed by atoms with Crippen molar-refractivity contribution in [3.63, 3.8) is 0 Å². The van der Waals surface area contributed by atoms with Crippen molar-refractivity contribution in [3.8, 4) is 0 Å². The minimum atomic E-state index is -1.12. The number of halogens is 1. The van der Waals surface area contributed by atoms with Gasteiger partial charge in [-0.2, -0.15) is 0 Å². The van der Waals surface area contributed by atoms with Crippen molar-refractivity contribution in [3.05, 3.63) is 27.8 Å². The van der Waals surface area contributed by atoms with Crippen molar-refractivity contribution in [2.45, 2.75) is 12.5 Å². The first-order valence-electron chi connectivity index (χ1n) is 6.30. The molecule has 0 aromatic heterocycles. The van der Waals surface area contributed by atoms with Crippen LogP contribution in [0, 0.1) is 3.57 Å². The van der Waals surface area contributed by atoms with Crippen LogP contribution in [0.5, 0.6) is 0 Å². The number of carbonyl (C=O) groups excluding carboxylic acids is 2. The molecule has 1 atom stereocenters. The van der Waals surface area contributed by atoms with Crippen LogP contribution in [0.4, 0.5) is 10.5 Å². The number of nitrogens with zero attached hydrogens (tertiary/aromatic N) is 1. The van der Waals surface area contributed by atoms with Gasteiger partial charge in [0.1, 0.15) is 6.04 Å². The number of rotatable bonds is 3. The van der Waals surface area contributed by atoms with Crippen LogP contribution in [-0.2, 0) is 9.59 Å². The number of piperazine rings is 1. The van der Waals surface area contributed by atoms with E-state index in [1.165, 1.54) is 4.90 Å². The highest BCUT2D eigenvalue weighted by atomic mass is 127. The fourth-order valence-corrected chi connectivity index (χ4v) is 2.63. The molecule has 0 radical (unpaired) electrons. The van der Waals surface area contributed by atoms with E-state index in [0.717, 1.165) is 3.57 Å². The molecule has 1 heterocycles. The van der Waals surface area contributed by atoms with E-state index in [-0.39, 0.29) is 6.54 Å². The maximum Gasteiger partial charge on any atom is 0.322 e. The Morgan fingerprint density at radius 3 is 2.90 bits per heavy atom. The quantitative estimate of drug-likeness (QED) is 0.659. The first-order valence-corrected chi connectivity index (χ1v) is 7.38. The lowest BCUT2D eigenvalue weighted by atomic mass is 10.1. The second-order valence-electron chi connectivity index (χ2n) is 4.54. The summed E-state index contributed by atoms with van der Waals surface area (Å²) in [5, 5.41) is 14.1. The number of carboxylic acid groups (broad SMARTS) is 1. The van der Waals surface area contributed by atoms with E-state index in [0.29, 0.717) is 12.2 Å². The van der Waals surface area contributed by atoms with Crippen molar-refractivity contribution >= 4 is 46.2 Å². The Labute approximate surface area is 134 Å². The molecular weight excluding hydrogens is 389 g/mol. The van der Waals surface area contributed by atoms with E-state index in [1.54, 1.807) is 18.2 Å². The van der Waals surface area contributed by atoms with Crippen LogP contribution in [0.25, 0.3) is 0 Å². The van der Waals surface area contributed by atoms with Gasteiger partial charge in [0.2, 0.25) is 5.91 Å². The molecule has 112 valence electrons. The zero-order valence-electron chi connectivity index (χ0n) is 11.0. The van der Waals surface area contributed by atoms with Gasteiger partial charge < -0.3 is 20.6 Å². The number of benzene rings is 1. The number of carbonyl (C=O) groups is 3. The lowest BCUT2D eigenvalue weighted by Gasteiger charge is -2.34. The molecule has 2 rings (SSSR count). The highest BCUT2D eigenvalue weighted by molar-refractivity contribution is 14.1. The summed E-state index contributed by atoms with van der Waals surface area (Å²) in [6.07, 6.45) is -0.411. The van der Waals surface area contributed by atoms with E-state index in [4.69, 9.17) is 5.11 Å². The maximum atomic E-state index is 12.3. The van der Waals surface area contributed by atoms with E-state index < -0.39 is 30.4 Å². The number of hydrogen-bond acceptors (Lipinski definition) is 3. The number of amides is 3. The third-order valence-electron chi connectivity index (χ3n) is 3.04. The van der Waals surface area contributed by atoms with Gasteiger partial charge in [-0.1, -0.05) is 6.07 Å². The molecule has 3 N–H and O–H groups in total. The molecule has 0 spiro atoms. The number of urea groups is 1. The smallest absolute Gasteiger partial charge is 0.322 e. The van der Waals surface area contributed by atoms with Gasteiger partial charge in [0.15, 0.2) is 0 Å². The molecule has 1 saturated heterocycles. The van der Waals surface area contributed by atoms with Crippen LogP contribution in [0.15, 0.2) is 24.3 Å². The fourth-order valence-electron chi connectivity index (χ4n) is 2.09. The molecule has 1 unspecified atom stereocenters. The Morgan fingerprint density at radius 2 is 2.24 bits per heavy atom. The summed E-state index contributed by atoms with van der Waals surface area (Å²) in [4.78, 5) is 36.1. The normalized spacial score (nSPS) is 18.0. The largest absolute Gasteiger partial charge is 0.481 e. The van der Waals surface area contributed by atoms with Crippen LogP contribution in [-0.4, -0.2) is 47.0 Å². The highest BCUT2D eigenvalue weighted by Crippen LogP contribution is 2.15. The number of nitrogens with one attached hydrogen (secondary N) is 2. The summed E-state index contributed by atoms with van der Waals surface area (Å²) in [5.41, 5.74) is 0.604. The highest BCUT2D eigenvalue weighted by Gasteiger charge is 2.34. The molecule has 0 aliphatic carbocycles. The lowest BCUT2D eigenvalue weighted by Crippen LogP contribution is -2.58. The molecule has 1 aromatic rings. The molecule has 1 aromatic carbocycles. The predicted octanol–water partition coefficient (Wildman–Crippen LogP) is 1.10. The Kier molecular flexibility index (Phi) is 4.99. The van der Waals surface area contributed by atoms with Gasteiger partial charge in [0.25, 0.3) is 0 Å². The summed E-state index contributed by atoms with van der Waals surface area (Å²) in [7, 11) is 0. The molecule has 7 nitrogen and oxygen atoms in total. The average Bonchev–Trinajstić information content (AvgIpc) is 2.40. The van der Waals surface area contributed by atoms with Crippen LogP contribution in [0.1, 0.15) is 6.42 Å². The molecule has 3 amide bonds. The first kappa shape index (κ1) is 15.5. The van der Waals surface area contributed by atoms with Crippen molar-refractivity contribution in [1.82, 2.24) is 10.2 Å². The average molecular weight is 403 g/mol. The van der Waals surface area contributed by atoms with E-state index in [9.17, 15) is 14.4 Å². The third kappa shape index (κ3) is 4.06. The molecule has 1 aliphatic heterocycles. The monoisotopic (exact) mass is 403 g/mol. The van der Waals surface area contributed by atoms with Crippen LogP contribution in [0.3, 0.4) is 0 Å². The Balaban J connectivity index is 2.11. The topological polar surface area (TPSA) is 98.7 Å².